The second kappa shape index (κ2) is 7.95. The van der Waals surface area contributed by atoms with Gasteiger partial charge in [-0.2, -0.15) is 4.68 Å². The normalized spacial score (nSPS) is 22.3. The Morgan fingerprint density at radius 3 is 2.36 bits per heavy atom. The van der Waals surface area contributed by atoms with Crippen molar-refractivity contribution < 1.29 is 14.0 Å². The number of halogens is 1. The van der Waals surface area contributed by atoms with Crippen LogP contribution >= 0.6 is 12.2 Å². The number of nitrogens with zero attached hydrogens (tertiary/aromatic N) is 3. The van der Waals surface area contributed by atoms with E-state index in [9.17, 15) is 4.39 Å². The predicted octanol–water partition coefficient (Wildman–Crippen LogP) is 2.86. The molecule has 0 spiro atoms. The summed E-state index contributed by atoms with van der Waals surface area (Å²) in [5.41, 5.74) is 1.77. The van der Waals surface area contributed by atoms with Crippen LogP contribution in [-0.4, -0.2) is 39.6 Å². The van der Waals surface area contributed by atoms with E-state index in [1.807, 2.05) is 39.6 Å². The summed E-state index contributed by atoms with van der Waals surface area (Å²) in [7, 11) is 0. The zero-order valence-corrected chi connectivity index (χ0v) is 16.8. The molecule has 3 atom stereocenters. The van der Waals surface area contributed by atoms with Crippen LogP contribution in [0, 0.1) is 10.6 Å². The maximum Gasteiger partial charge on any atom is 0.207 e. The van der Waals surface area contributed by atoms with Crippen LogP contribution in [0.25, 0.3) is 17.1 Å². The van der Waals surface area contributed by atoms with Gasteiger partial charge in [0.2, 0.25) is 4.77 Å². The summed E-state index contributed by atoms with van der Waals surface area (Å²) < 4.78 is 23.7. The molecule has 3 aromatic rings. The smallest absolute Gasteiger partial charge is 0.207 e. The van der Waals surface area contributed by atoms with Gasteiger partial charge >= 0.3 is 0 Å². The fourth-order valence-corrected chi connectivity index (χ4v) is 4.14. The van der Waals surface area contributed by atoms with Crippen LogP contribution in [-0.2, 0) is 11.4 Å². The Kier molecular flexibility index (Phi) is 5.39. The van der Waals surface area contributed by atoms with E-state index in [0.29, 0.717) is 11.4 Å². The van der Waals surface area contributed by atoms with Crippen molar-refractivity contribution in [2.24, 2.45) is 0 Å². The summed E-state index contributed by atoms with van der Waals surface area (Å²) in [4.78, 5) is 1.38. The first-order valence-corrected chi connectivity index (χ1v) is 9.92. The van der Waals surface area contributed by atoms with E-state index in [-0.39, 0.29) is 18.0 Å². The summed E-state index contributed by atoms with van der Waals surface area (Å²) in [5.74, 6) is 0.482. The van der Waals surface area contributed by atoms with Crippen LogP contribution in [0.3, 0.4) is 0 Å². The van der Waals surface area contributed by atoms with E-state index >= 15 is 0 Å². The van der Waals surface area contributed by atoms with Crippen molar-refractivity contribution in [3.8, 4) is 17.1 Å². The SMILES string of the molecule is C[C@@H]1C[NH+](Cn2nc(-c3ccccc3)n(-c3ccc(F)cc3)c2=S)C[C@H](C)O1. The predicted molar refractivity (Wildman–Crippen MR) is 108 cm³/mol. The molecule has 1 unspecified atom stereocenters. The maximum absolute atomic E-state index is 13.4. The van der Waals surface area contributed by atoms with Gasteiger partial charge in [-0.1, -0.05) is 30.3 Å². The van der Waals surface area contributed by atoms with Gasteiger partial charge in [-0.05, 0) is 50.3 Å². The number of benzene rings is 2. The number of nitrogens with one attached hydrogen (secondary N) is 1. The Balaban J connectivity index is 1.76. The van der Waals surface area contributed by atoms with Crippen molar-refractivity contribution in [3.05, 3.63) is 65.2 Å². The van der Waals surface area contributed by atoms with Gasteiger partial charge in [-0.3, -0.25) is 4.57 Å². The molecule has 0 saturated carbocycles. The zero-order valence-electron chi connectivity index (χ0n) is 16.0. The first kappa shape index (κ1) is 19.0. The lowest BCUT2D eigenvalue weighted by atomic mass is 10.2. The highest BCUT2D eigenvalue weighted by Gasteiger charge is 2.27. The van der Waals surface area contributed by atoms with Crippen LogP contribution in [0.15, 0.2) is 54.6 Å². The Bertz CT molecular complexity index is 989. The maximum atomic E-state index is 13.4. The van der Waals surface area contributed by atoms with Gasteiger partial charge in [0.1, 0.15) is 31.1 Å². The van der Waals surface area contributed by atoms with Crippen LogP contribution in [0.1, 0.15) is 13.8 Å². The summed E-state index contributed by atoms with van der Waals surface area (Å²) in [6.45, 7) is 6.69. The van der Waals surface area contributed by atoms with Gasteiger partial charge in [-0.15, -0.1) is 5.10 Å². The molecule has 7 heteroatoms. The fraction of sp³-hybridized carbons (Fsp3) is 0.333. The molecule has 1 aliphatic rings. The largest absolute Gasteiger partial charge is 0.364 e. The second-order valence-corrected chi connectivity index (χ2v) is 7.72. The summed E-state index contributed by atoms with van der Waals surface area (Å²) >= 11 is 5.78. The van der Waals surface area contributed by atoms with Gasteiger partial charge in [0, 0.05) is 5.56 Å². The Labute approximate surface area is 169 Å². The van der Waals surface area contributed by atoms with Gasteiger partial charge in [0.15, 0.2) is 12.5 Å². The number of hydrogen-bond acceptors (Lipinski definition) is 3. The fourth-order valence-electron chi connectivity index (χ4n) is 3.84. The first-order valence-electron chi connectivity index (χ1n) is 9.51. The number of ether oxygens (including phenoxy) is 1. The van der Waals surface area contributed by atoms with E-state index in [1.165, 1.54) is 17.0 Å². The van der Waals surface area contributed by atoms with E-state index in [2.05, 4.69) is 13.8 Å². The van der Waals surface area contributed by atoms with Crippen molar-refractivity contribution >= 4 is 12.2 Å². The molecule has 28 heavy (non-hydrogen) atoms. The molecule has 1 saturated heterocycles. The standard InChI is InChI=1S/C21H23FN4OS/c1-15-12-24(13-16(2)27-15)14-25-21(28)26(19-10-8-18(22)9-11-19)20(23-25)17-6-4-3-5-7-17/h3-11,15-16H,12-14H2,1-2H3/p+1/t15-,16+. The minimum atomic E-state index is -0.273. The third-order valence-electron chi connectivity index (χ3n) is 4.95. The van der Waals surface area contributed by atoms with Crippen molar-refractivity contribution in [2.45, 2.75) is 32.7 Å². The number of hydrogen-bond donors (Lipinski definition) is 1. The number of quaternary nitrogens is 1. The molecular weight excluding hydrogens is 375 g/mol. The second-order valence-electron chi connectivity index (χ2n) is 7.36. The van der Waals surface area contributed by atoms with E-state index < -0.39 is 0 Å². The Hall–Kier alpha value is -2.35. The monoisotopic (exact) mass is 399 g/mol. The average Bonchev–Trinajstić information content (AvgIpc) is 2.99. The molecule has 2 heterocycles. The van der Waals surface area contributed by atoms with Gasteiger partial charge in [-0.25, -0.2) is 4.39 Å². The Morgan fingerprint density at radius 1 is 1.07 bits per heavy atom. The summed E-state index contributed by atoms with van der Waals surface area (Å²) in [5, 5.41) is 4.84. The zero-order chi connectivity index (χ0) is 19.7. The number of rotatable bonds is 4. The first-order chi connectivity index (χ1) is 13.5. The average molecular weight is 400 g/mol. The molecule has 5 nitrogen and oxygen atoms in total. The van der Waals surface area contributed by atoms with E-state index in [0.717, 1.165) is 30.2 Å². The molecule has 1 aromatic heterocycles. The molecule has 146 valence electrons. The lowest BCUT2D eigenvalue weighted by molar-refractivity contribution is -0.937. The van der Waals surface area contributed by atoms with Crippen LogP contribution in [0.2, 0.25) is 0 Å². The Morgan fingerprint density at radius 2 is 1.71 bits per heavy atom. The summed E-state index contributed by atoms with van der Waals surface area (Å²) in [6, 6.07) is 16.3. The van der Waals surface area contributed by atoms with Crippen molar-refractivity contribution in [3.63, 3.8) is 0 Å². The highest BCUT2D eigenvalue weighted by Crippen LogP contribution is 2.22. The molecule has 0 aliphatic carbocycles. The molecule has 1 aliphatic heterocycles. The molecule has 1 fully saturated rings. The molecule has 1 N–H and O–H groups in total. The van der Waals surface area contributed by atoms with Gasteiger partial charge < -0.3 is 9.64 Å². The van der Waals surface area contributed by atoms with Crippen LogP contribution < -0.4 is 4.90 Å². The molecule has 0 bridgehead atoms. The van der Waals surface area contributed by atoms with Crippen molar-refractivity contribution in [1.29, 1.82) is 0 Å². The van der Waals surface area contributed by atoms with Gasteiger partial charge in [0.25, 0.3) is 0 Å². The molecule has 0 amide bonds. The molecular formula is C21H24FN4OS+. The highest BCUT2D eigenvalue weighted by atomic mass is 32.1. The van der Waals surface area contributed by atoms with Crippen LogP contribution in [0.5, 0.6) is 0 Å². The topological polar surface area (TPSA) is 36.4 Å². The lowest BCUT2D eigenvalue weighted by Crippen LogP contribution is -3.14. The van der Waals surface area contributed by atoms with Crippen molar-refractivity contribution in [2.75, 3.05) is 13.1 Å². The number of aromatic nitrogens is 3. The minimum absolute atomic E-state index is 0.209. The quantitative estimate of drug-likeness (QED) is 0.686. The third kappa shape index (κ3) is 3.92. The van der Waals surface area contributed by atoms with E-state index in [1.54, 1.807) is 12.1 Å². The van der Waals surface area contributed by atoms with E-state index in [4.69, 9.17) is 22.1 Å². The molecule has 4 rings (SSSR count). The third-order valence-corrected chi connectivity index (χ3v) is 5.34. The van der Waals surface area contributed by atoms with Crippen LogP contribution in [0.4, 0.5) is 4.39 Å². The highest BCUT2D eigenvalue weighted by molar-refractivity contribution is 7.71. The minimum Gasteiger partial charge on any atom is -0.364 e. The molecule has 2 aromatic carbocycles. The van der Waals surface area contributed by atoms with Crippen molar-refractivity contribution in [1.82, 2.24) is 14.3 Å². The molecule has 0 radical (unpaired) electrons. The lowest BCUT2D eigenvalue weighted by Gasteiger charge is -2.32. The van der Waals surface area contributed by atoms with Gasteiger partial charge in [0.05, 0.1) is 5.69 Å². The summed E-state index contributed by atoms with van der Waals surface area (Å²) in [6.07, 6.45) is 0.418. The number of morpholine rings is 1.